The summed E-state index contributed by atoms with van der Waals surface area (Å²) in [5.74, 6) is -8.40. The minimum atomic E-state index is -1.46. The number of fused-ring (bicyclic) bond motifs is 4. The molecule has 48 heavy (non-hydrogen) atoms. The zero-order valence-corrected chi connectivity index (χ0v) is 26.6. The summed E-state index contributed by atoms with van der Waals surface area (Å²) in [5, 5.41) is 20.8. The number of hydrogen-bond acceptors (Lipinski definition) is 7. The van der Waals surface area contributed by atoms with Gasteiger partial charge in [0.2, 0.25) is 23.6 Å². The molecule has 246 valence electrons. The second kappa shape index (κ2) is 11.3. The Bertz CT molecular complexity index is 1980. The lowest BCUT2D eigenvalue weighted by atomic mass is 9.51. The van der Waals surface area contributed by atoms with Crippen LogP contribution in [-0.2, 0) is 19.2 Å². The molecular formula is C36H30ClFN2O8. The number of halogens is 2. The van der Waals surface area contributed by atoms with Crippen LogP contribution in [0.1, 0.15) is 48.5 Å². The highest BCUT2D eigenvalue weighted by Gasteiger charge is 2.68. The maximum Gasteiger partial charge on any atom is 0.335 e. The van der Waals surface area contributed by atoms with Crippen molar-refractivity contribution in [2.24, 2.45) is 29.1 Å². The van der Waals surface area contributed by atoms with Crippen molar-refractivity contribution in [1.29, 1.82) is 0 Å². The normalized spacial score (nSPS) is 27.8. The average Bonchev–Trinajstić information content (AvgIpc) is 3.43. The summed E-state index contributed by atoms with van der Waals surface area (Å²) in [6, 6.07) is 14.1. The molecule has 2 heterocycles. The summed E-state index contributed by atoms with van der Waals surface area (Å²) in [6.07, 6.45) is 2.03. The first-order valence-corrected chi connectivity index (χ1v) is 16.0. The van der Waals surface area contributed by atoms with Crippen LogP contribution < -0.4 is 14.5 Å². The molecule has 0 spiro atoms. The molecule has 7 rings (SSSR count). The van der Waals surface area contributed by atoms with Gasteiger partial charge in [-0.15, -0.1) is 0 Å². The van der Waals surface area contributed by atoms with Gasteiger partial charge >= 0.3 is 5.97 Å². The van der Waals surface area contributed by atoms with Crippen LogP contribution in [0, 0.1) is 34.9 Å². The van der Waals surface area contributed by atoms with Crippen molar-refractivity contribution in [1.82, 2.24) is 0 Å². The number of phenols is 1. The van der Waals surface area contributed by atoms with E-state index in [1.54, 1.807) is 32.0 Å². The Morgan fingerprint density at radius 2 is 1.71 bits per heavy atom. The van der Waals surface area contributed by atoms with Crippen molar-refractivity contribution in [3.63, 3.8) is 0 Å². The molecule has 4 aliphatic rings. The number of nitrogens with zero attached hydrogens (tertiary/aromatic N) is 2. The quantitative estimate of drug-likeness (QED) is 0.250. The van der Waals surface area contributed by atoms with Gasteiger partial charge < -0.3 is 14.9 Å². The number of carbonyl (C=O) groups excluding carboxylic acids is 4. The molecule has 3 aromatic rings. The van der Waals surface area contributed by atoms with E-state index in [4.69, 9.17) is 16.3 Å². The molecule has 0 radical (unpaired) electrons. The Hall–Kier alpha value is -5.03. The zero-order chi connectivity index (χ0) is 34.2. The topological polar surface area (TPSA) is 142 Å². The molecular weight excluding hydrogens is 643 g/mol. The molecule has 0 aromatic heterocycles. The summed E-state index contributed by atoms with van der Waals surface area (Å²) in [6.45, 7) is 3.67. The van der Waals surface area contributed by atoms with E-state index in [9.17, 15) is 38.6 Å². The van der Waals surface area contributed by atoms with Gasteiger partial charge in [-0.05, 0) is 75.1 Å². The molecule has 2 saturated heterocycles. The smallest absolute Gasteiger partial charge is 0.335 e. The lowest BCUT2D eigenvalue weighted by Gasteiger charge is -2.49. The predicted octanol–water partition coefficient (Wildman–Crippen LogP) is 5.72. The summed E-state index contributed by atoms with van der Waals surface area (Å²) >= 11 is 6.06. The van der Waals surface area contributed by atoms with Crippen molar-refractivity contribution in [3.8, 4) is 11.5 Å². The van der Waals surface area contributed by atoms with Crippen LogP contribution in [0.5, 0.6) is 11.5 Å². The van der Waals surface area contributed by atoms with E-state index in [1.165, 1.54) is 36.4 Å². The van der Waals surface area contributed by atoms with Crippen LogP contribution in [0.25, 0.3) is 0 Å². The number of benzene rings is 3. The first-order chi connectivity index (χ1) is 22.9. The van der Waals surface area contributed by atoms with Gasteiger partial charge in [0.1, 0.15) is 5.82 Å². The highest BCUT2D eigenvalue weighted by atomic mass is 35.5. The molecule has 6 atom stereocenters. The van der Waals surface area contributed by atoms with Gasteiger partial charge in [0, 0.05) is 11.5 Å². The lowest BCUT2D eigenvalue weighted by Crippen LogP contribution is -2.48. The molecule has 3 aromatic carbocycles. The first-order valence-electron chi connectivity index (χ1n) is 15.6. The van der Waals surface area contributed by atoms with Crippen LogP contribution in [0.3, 0.4) is 0 Å². The molecule has 2 aliphatic carbocycles. The zero-order valence-electron chi connectivity index (χ0n) is 25.9. The van der Waals surface area contributed by atoms with Crippen LogP contribution in [-0.4, -0.2) is 46.4 Å². The van der Waals surface area contributed by atoms with Crippen LogP contribution in [0.2, 0.25) is 5.02 Å². The summed E-state index contributed by atoms with van der Waals surface area (Å²) in [5.41, 5.74) is -0.365. The highest BCUT2D eigenvalue weighted by molar-refractivity contribution is 6.32. The fourth-order valence-corrected chi connectivity index (χ4v) is 8.48. The average molecular weight is 673 g/mol. The van der Waals surface area contributed by atoms with Gasteiger partial charge in [0.25, 0.3) is 0 Å². The number of carbonyl (C=O) groups is 5. The number of rotatable bonds is 6. The molecule has 2 aliphatic heterocycles. The van der Waals surface area contributed by atoms with Crippen molar-refractivity contribution in [3.05, 3.63) is 94.3 Å². The number of phenolic OH excluding ortho intramolecular Hbond substituents is 1. The van der Waals surface area contributed by atoms with E-state index >= 15 is 0 Å². The number of carboxylic acids is 1. The van der Waals surface area contributed by atoms with E-state index in [0.29, 0.717) is 11.1 Å². The number of allylic oxidation sites excluding steroid dienone is 2. The van der Waals surface area contributed by atoms with Crippen LogP contribution in [0.15, 0.2) is 72.3 Å². The Labute approximate surface area is 279 Å². The minimum absolute atomic E-state index is 0.0456. The fourth-order valence-electron chi connectivity index (χ4n) is 8.31. The van der Waals surface area contributed by atoms with E-state index < -0.39 is 70.4 Å². The molecule has 0 bridgehead atoms. The van der Waals surface area contributed by atoms with Crippen molar-refractivity contribution in [2.45, 2.75) is 32.6 Å². The number of para-hydroxylation sites is 1. The number of amides is 4. The largest absolute Gasteiger partial charge is 0.504 e. The maximum atomic E-state index is 14.6. The molecule has 2 N–H and O–H groups in total. The fraction of sp³-hybridized carbons (Fsp3) is 0.306. The van der Waals surface area contributed by atoms with Gasteiger partial charge in [0.15, 0.2) is 11.5 Å². The third kappa shape index (κ3) is 4.40. The summed E-state index contributed by atoms with van der Waals surface area (Å²) in [4.78, 5) is 70.7. The third-order valence-electron chi connectivity index (χ3n) is 10.4. The van der Waals surface area contributed by atoms with Gasteiger partial charge in [-0.1, -0.05) is 41.4 Å². The molecule has 12 heteroatoms. The Kier molecular flexibility index (Phi) is 7.43. The summed E-state index contributed by atoms with van der Waals surface area (Å²) in [7, 11) is 0. The predicted molar refractivity (Wildman–Crippen MR) is 171 cm³/mol. The molecule has 4 amide bonds. The monoisotopic (exact) mass is 672 g/mol. The number of imide groups is 2. The Morgan fingerprint density at radius 1 is 0.979 bits per heavy atom. The number of anilines is 2. The SMILES string of the molecule is CCOc1cccc([C@H]2C3=CC[C@@H]4C(=O)N(c5cccc(C(=O)O)c5)C(=O)[C@@H]4[C@@H]3C[C@H]3C(=O)N(c4ccc(F)c(Cl)c4)C(=O)[C@@]23C)c1O. The molecule has 0 unspecified atom stereocenters. The van der Waals surface area contributed by atoms with Gasteiger partial charge in [0.05, 0.1) is 51.7 Å². The lowest BCUT2D eigenvalue weighted by molar-refractivity contribution is -0.131. The van der Waals surface area contributed by atoms with Gasteiger partial charge in [-0.25, -0.2) is 14.1 Å². The third-order valence-corrected chi connectivity index (χ3v) is 10.7. The van der Waals surface area contributed by atoms with Crippen LogP contribution in [0.4, 0.5) is 15.8 Å². The minimum Gasteiger partial charge on any atom is -0.504 e. The maximum absolute atomic E-state index is 14.6. The number of carboxylic acid groups (broad SMARTS) is 1. The van der Waals surface area contributed by atoms with Crippen LogP contribution >= 0.6 is 11.6 Å². The Morgan fingerprint density at radius 3 is 2.42 bits per heavy atom. The van der Waals surface area contributed by atoms with Crippen molar-refractivity contribution < 1.29 is 43.3 Å². The molecule has 1 saturated carbocycles. The Balaban J connectivity index is 1.38. The van der Waals surface area contributed by atoms with E-state index in [1.807, 2.05) is 6.08 Å². The van der Waals surface area contributed by atoms with E-state index in [0.717, 1.165) is 15.9 Å². The second-order valence-electron chi connectivity index (χ2n) is 12.8. The standard InChI is InChI=1S/C36H30ClFN2O8/c1-3-48-27-9-5-8-22(30(27)41)29-20-11-12-21-28(33(44)39(31(21)42)18-7-4-6-17(14-18)34(45)46)23(20)16-24-32(43)40(35(47)36(24,29)2)19-10-13-26(38)25(37)15-19/h4-11,13-15,21,23-24,28-29,41H,3,12,16H2,1-2H3,(H,45,46)/t21-,23+,24-,28-,29+,36+/m0/s1. The second-order valence-corrected chi connectivity index (χ2v) is 13.2. The first kappa shape index (κ1) is 31.6. The van der Waals surface area contributed by atoms with E-state index in [2.05, 4.69) is 0 Å². The number of ether oxygens (including phenoxy) is 1. The molecule has 3 fully saturated rings. The number of aromatic hydroxyl groups is 1. The number of hydrogen-bond donors (Lipinski definition) is 2. The van der Waals surface area contributed by atoms with Gasteiger partial charge in [-0.2, -0.15) is 0 Å². The van der Waals surface area contributed by atoms with Crippen molar-refractivity contribution in [2.75, 3.05) is 16.4 Å². The molecule has 10 nitrogen and oxygen atoms in total. The number of aromatic carboxylic acids is 1. The summed E-state index contributed by atoms with van der Waals surface area (Å²) < 4.78 is 19.8. The van der Waals surface area contributed by atoms with E-state index in [-0.39, 0.29) is 52.9 Å². The van der Waals surface area contributed by atoms with Crippen molar-refractivity contribution >= 4 is 52.6 Å². The highest BCUT2D eigenvalue weighted by Crippen LogP contribution is 2.65. The van der Waals surface area contributed by atoms with Gasteiger partial charge in [-0.3, -0.25) is 24.1 Å².